The van der Waals surface area contributed by atoms with Crippen molar-refractivity contribution in [1.82, 2.24) is 9.97 Å². The first-order valence-corrected chi connectivity index (χ1v) is 10.5. The summed E-state index contributed by atoms with van der Waals surface area (Å²) in [5, 5.41) is 6.14. The monoisotopic (exact) mass is 489 g/mol. The second-order valence-electron chi connectivity index (χ2n) is 6.58. The summed E-state index contributed by atoms with van der Waals surface area (Å²) in [7, 11) is 0. The molecule has 6 heteroatoms. The molecule has 4 aromatic rings. The Bertz CT molecular complexity index is 1110. The minimum absolute atomic E-state index is 0.299. The van der Waals surface area contributed by atoms with Crippen molar-refractivity contribution in [3.63, 3.8) is 0 Å². The number of thiophene rings is 1. The lowest BCUT2D eigenvalue weighted by Crippen LogP contribution is -1.98. The summed E-state index contributed by atoms with van der Waals surface area (Å²) in [6.45, 7) is 4.36. The third kappa shape index (κ3) is 3.68. The minimum atomic E-state index is -0.299. The summed E-state index contributed by atoms with van der Waals surface area (Å²) in [4.78, 5) is 9.65. The molecule has 27 heavy (non-hydrogen) atoms. The summed E-state index contributed by atoms with van der Waals surface area (Å²) in [5.41, 5.74) is 3.86. The first kappa shape index (κ1) is 18.3. The van der Waals surface area contributed by atoms with Gasteiger partial charge in [-0.3, -0.25) is 0 Å². The van der Waals surface area contributed by atoms with Crippen LogP contribution in [-0.4, -0.2) is 9.97 Å². The summed E-state index contributed by atoms with van der Waals surface area (Å²) in [5.74, 6) is 0.804. The Morgan fingerprint density at radius 2 is 1.85 bits per heavy atom. The van der Waals surface area contributed by atoms with E-state index in [0.29, 0.717) is 17.4 Å². The van der Waals surface area contributed by atoms with Crippen molar-refractivity contribution in [3.8, 4) is 11.1 Å². The average molecular weight is 489 g/mol. The molecule has 0 fully saturated rings. The van der Waals surface area contributed by atoms with Gasteiger partial charge in [0.25, 0.3) is 0 Å². The van der Waals surface area contributed by atoms with Crippen molar-refractivity contribution in [2.75, 3.05) is 5.32 Å². The van der Waals surface area contributed by atoms with Crippen LogP contribution < -0.4 is 5.32 Å². The number of nitrogens with zero attached hydrogens (tertiary/aromatic N) is 2. The fraction of sp³-hybridized carbons (Fsp3) is 0.143. The van der Waals surface area contributed by atoms with Gasteiger partial charge in [0.15, 0.2) is 0 Å². The molecule has 2 aromatic carbocycles. The first-order valence-electron chi connectivity index (χ1n) is 8.57. The molecule has 1 N–H and O–H groups in total. The molecule has 0 saturated carbocycles. The van der Waals surface area contributed by atoms with Crippen molar-refractivity contribution >= 4 is 55.6 Å². The van der Waals surface area contributed by atoms with E-state index in [2.05, 4.69) is 81.4 Å². The molecule has 0 radical (unpaired) electrons. The van der Waals surface area contributed by atoms with Crippen molar-refractivity contribution in [1.29, 1.82) is 0 Å². The van der Waals surface area contributed by atoms with E-state index in [1.807, 2.05) is 6.07 Å². The van der Waals surface area contributed by atoms with Gasteiger partial charge in [0.1, 0.15) is 22.8 Å². The zero-order valence-corrected chi connectivity index (χ0v) is 17.8. The molecule has 0 aliphatic carbocycles. The van der Waals surface area contributed by atoms with Gasteiger partial charge in [-0.1, -0.05) is 38.1 Å². The highest BCUT2D eigenvalue weighted by molar-refractivity contribution is 14.1. The van der Waals surface area contributed by atoms with E-state index < -0.39 is 0 Å². The number of fused-ring (bicyclic) bond motifs is 1. The van der Waals surface area contributed by atoms with Crippen LogP contribution in [0.2, 0.25) is 0 Å². The Morgan fingerprint density at radius 3 is 2.56 bits per heavy atom. The second kappa shape index (κ2) is 7.52. The van der Waals surface area contributed by atoms with Crippen LogP contribution in [0.3, 0.4) is 0 Å². The molecular formula is C21H17FIN3S. The summed E-state index contributed by atoms with van der Waals surface area (Å²) >= 11 is 3.66. The largest absolute Gasteiger partial charge is 0.337 e. The van der Waals surface area contributed by atoms with Gasteiger partial charge in [-0.2, -0.15) is 0 Å². The molecule has 136 valence electrons. The third-order valence-electron chi connectivity index (χ3n) is 4.44. The SMILES string of the molecule is CC(C)c1ccc(-c2csc3ncnc(Nc4ccc(I)cc4F)c23)cc1. The fourth-order valence-electron chi connectivity index (χ4n) is 2.95. The normalized spacial score (nSPS) is 11.3. The predicted octanol–water partition coefficient (Wildman–Crippen LogP) is 6.97. The van der Waals surface area contributed by atoms with Crippen molar-refractivity contribution in [3.05, 3.63) is 69.1 Å². The molecule has 2 aromatic heterocycles. The van der Waals surface area contributed by atoms with Crippen molar-refractivity contribution in [2.45, 2.75) is 19.8 Å². The van der Waals surface area contributed by atoms with E-state index in [1.165, 1.54) is 18.0 Å². The molecule has 0 atom stereocenters. The smallest absolute Gasteiger partial charge is 0.147 e. The maximum absolute atomic E-state index is 14.3. The highest BCUT2D eigenvalue weighted by Crippen LogP contribution is 2.38. The Labute approximate surface area is 174 Å². The predicted molar refractivity (Wildman–Crippen MR) is 119 cm³/mol. The quantitative estimate of drug-likeness (QED) is 0.315. The van der Waals surface area contributed by atoms with Gasteiger partial charge >= 0.3 is 0 Å². The highest BCUT2D eigenvalue weighted by atomic mass is 127. The van der Waals surface area contributed by atoms with Gasteiger partial charge in [-0.25, -0.2) is 14.4 Å². The lowest BCUT2D eigenvalue weighted by molar-refractivity contribution is 0.631. The Morgan fingerprint density at radius 1 is 1.07 bits per heavy atom. The van der Waals surface area contributed by atoms with Crippen LogP contribution in [0.1, 0.15) is 25.3 Å². The third-order valence-corrected chi connectivity index (χ3v) is 6.00. The van der Waals surface area contributed by atoms with Crippen LogP contribution in [-0.2, 0) is 0 Å². The van der Waals surface area contributed by atoms with Crippen LogP contribution in [0.25, 0.3) is 21.3 Å². The molecule has 4 rings (SSSR count). The van der Waals surface area contributed by atoms with Gasteiger partial charge in [0, 0.05) is 14.5 Å². The number of hydrogen-bond donors (Lipinski definition) is 1. The van der Waals surface area contributed by atoms with Crippen LogP contribution in [0.15, 0.2) is 54.2 Å². The van der Waals surface area contributed by atoms with Gasteiger partial charge in [-0.05, 0) is 57.8 Å². The van der Waals surface area contributed by atoms with E-state index in [0.717, 1.165) is 24.9 Å². The number of benzene rings is 2. The molecule has 3 nitrogen and oxygen atoms in total. The number of halogens is 2. The topological polar surface area (TPSA) is 37.8 Å². The zero-order chi connectivity index (χ0) is 19.0. The van der Waals surface area contributed by atoms with E-state index in [1.54, 1.807) is 17.4 Å². The van der Waals surface area contributed by atoms with E-state index in [9.17, 15) is 4.39 Å². The molecule has 0 aliphatic rings. The molecule has 0 aliphatic heterocycles. The number of rotatable bonds is 4. The summed E-state index contributed by atoms with van der Waals surface area (Å²) in [6.07, 6.45) is 1.51. The number of anilines is 2. The Hall–Kier alpha value is -2.06. The standard InChI is InChI=1S/C21H17FIN3S/c1-12(2)13-3-5-14(6-4-13)16-10-27-21-19(16)20(24-11-25-21)26-18-8-7-15(23)9-17(18)22/h3-12H,1-2H3,(H,24,25,26). The lowest BCUT2D eigenvalue weighted by atomic mass is 9.99. The van der Waals surface area contributed by atoms with Crippen molar-refractivity contribution < 1.29 is 4.39 Å². The van der Waals surface area contributed by atoms with Gasteiger partial charge < -0.3 is 5.32 Å². The summed E-state index contributed by atoms with van der Waals surface area (Å²) < 4.78 is 15.1. The number of aromatic nitrogens is 2. The maximum Gasteiger partial charge on any atom is 0.147 e. The zero-order valence-electron chi connectivity index (χ0n) is 14.8. The molecule has 0 saturated heterocycles. The molecule has 2 heterocycles. The molecule has 0 amide bonds. The van der Waals surface area contributed by atoms with Crippen LogP contribution in [0, 0.1) is 9.39 Å². The molecular weight excluding hydrogens is 472 g/mol. The van der Waals surface area contributed by atoms with Gasteiger partial charge in [0.2, 0.25) is 0 Å². The van der Waals surface area contributed by atoms with E-state index in [4.69, 9.17) is 0 Å². The molecule has 0 bridgehead atoms. The number of nitrogens with one attached hydrogen (secondary N) is 1. The van der Waals surface area contributed by atoms with Gasteiger partial charge in [0.05, 0.1) is 11.1 Å². The van der Waals surface area contributed by atoms with E-state index in [-0.39, 0.29) is 5.82 Å². The first-order chi connectivity index (χ1) is 13.0. The van der Waals surface area contributed by atoms with Crippen LogP contribution >= 0.6 is 33.9 Å². The van der Waals surface area contributed by atoms with Crippen molar-refractivity contribution in [2.24, 2.45) is 0 Å². The average Bonchev–Trinajstić information content (AvgIpc) is 3.09. The Balaban J connectivity index is 1.79. The molecule has 0 spiro atoms. The maximum atomic E-state index is 14.3. The van der Waals surface area contributed by atoms with Gasteiger partial charge in [-0.15, -0.1) is 11.3 Å². The second-order valence-corrected chi connectivity index (χ2v) is 8.68. The lowest BCUT2D eigenvalue weighted by Gasteiger charge is -2.10. The van der Waals surface area contributed by atoms with Crippen LogP contribution in [0.5, 0.6) is 0 Å². The highest BCUT2D eigenvalue weighted by Gasteiger charge is 2.15. The van der Waals surface area contributed by atoms with E-state index >= 15 is 0 Å². The fourth-order valence-corrected chi connectivity index (χ4v) is 4.32. The minimum Gasteiger partial charge on any atom is -0.337 e. The molecule has 0 unspecified atom stereocenters. The summed E-state index contributed by atoms with van der Waals surface area (Å²) in [6, 6.07) is 13.6. The van der Waals surface area contributed by atoms with Crippen LogP contribution in [0.4, 0.5) is 15.9 Å². The number of hydrogen-bond acceptors (Lipinski definition) is 4. The Kier molecular flexibility index (Phi) is 5.10.